The number of hydrogen-bond acceptors (Lipinski definition) is 4. The van der Waals surface area contributed by atoms with Gasteiger partial charge < -0.3 is 9.84 Å². The van der Waals surface area contributed by atoms with E-state index in [-0.39, 0.29) is 5.56 Å². The summed E-state index contributed by atoms with van der Waals surface area (Å²) in [5.41, 5.74) is 0.480. The molecule has 0 saturated heterocycles. The first-order valence-corrected chi connectivity index (χ1v) is 5.00. The lowest BCUT2D eigenvalue weighted by Crippen LogP contribution is -2.09. The highest BCUT2D eigenvalue weighted by Gasteiger charge is 2.22. The van der Waals surface area contributed by atoms with Crippen molar-refractivity contribution in [1.29, 1.82) is 0 Å². The van der Waals surface area contributed by atoms with Crippen molar-refractivity contribution >= 4 is 0 Å². The van der Waals surface area contributed by atoms with Crippen molar-refractivity contribution in [2.45, 2.75) is 6.10 Å². The molecule has 1 heterocycles. The fourth-order valence-electron chi connectivity index (χ4n) is 1.65. The van der Waals surface area contributed by atoms with Crippen LogP contribution in [0.4, 0.5) is 4.39 Å². The van der Waals surface area contributed by atoms with Gasteiger partial charge in [-0.05, 0) is 12.1 Å². The van der Waals surface area contributed by atoms with Crippen molar-refractivity contribution in [2.75, 3.05) is 7.11 Å². The van der Waals surface area contributed by atoms with E-state index in [2.05, 4.69) is 10.3 Å². The minimum Gasteiger partial charge on any atom is -0.496 e. The van der Waals surface area contributed by atoms with Crippen LogP contribution in [0.1, 0.15) is 17.4 Å². The number of nitrogens with zero attached hydrogens (tertiary/aromatic N) is 3. The van der Waals surface area contributed by atoms with Gasteiger partial charge in [0.25, 0.3) is 0 Å². The molecule has 0 saturated carbocycles. The van der Waals surface area contributed by atoms with Crippen LogP contribution in [-0.4, -0.2) is 27.2 Å². The number of ether oxygens (including phenoxy) is 1. The molecule has 90 valence electrons. The van der Waals surface area contributed by atoms with Crippen LogP contribution >= 0.6 is 0 Å². The highest BCUT2D eigenvalue weighted by Crippen LogP contribution is 2.31. The zero-order valence-electron chi connectivity index (χ0n) is 9.46. The summed E-state index contributed by atoms with van der Waals surface area (Å²) in [5.74, 6) is -0.239. The highest BCUT2D eigenvalue weighted by molar-refractivity contribution is 5.39. The molecular formula is C11H12FN3O2. The molecule has 0 aliphatic heterocycles. The van der Waals surface area contributed by atoms with Gasteiger partial charge in [0.1, 0.15) is 17.7 Å². The SMILES string of the molecule is COc1cccc(F)c1C(O)c1cnnn1C. The van der Waals surface area contributed by atoms with Crippen molar-refractivity contribution in [3.63, 3.8) is 0 Å². The van der Waals surface area contributed by atoms with Gasteiger partial charge in [-0.15, -0.1) is 5.10 Å². The fourth-order valence-corrected chi connectivity index (χ4v) is 1.65. The second-order valence-electron chi connectivity index (χ2n) is 3.54. The number of benzene rings is 1. The van der Waals surface area contributed by atoms with Crippen molar-refractivity contribution in [3.05, 3.63) is 41.5 Å². The zero-order chi connectivity index (χ0) is 12.4. The van der Waals surface area contributed by atoms with Crippen molar-refractivity contribution in [3.8, 4) is 5.75 Å². The molecule has 17 heavy (non-hydrogen) atoms. The maximum atomic E-state index is 13.7. The molecule has 2 aromatic rings. The quantitative estimate of drug-likeness (QED) is 0.866. The molecule has 0 bridgehead atoms. The maximum Gasteiger partial charge on any atom is 0.133 e. The van der Waals surface area contributed by atoms with E-state index in [1.165, 1.54) is 30.1 Å². The van der Waals surface area contributed by atoms with Crippen molar-refractivity contribution in [2.24, 2.45) is 7.05 Å². The smallest absolute Gasteiger partial charge is 0.133 e. The second-order valence-corrected chi connectivity index (χ2v) is 3.54. The standard InChI is InChI=1S/C11H12FN3O2/c1-15-8(6-13-14-15)11(16)10-7(12)4-3-5-9(10)17-2/h3-6,11,16H,1-2H3. The lowest BCUT2D eigenvalue weighted by Gasteiger charge is -2.15. The molecule has 0 fully saturated rings. The van der Waals surface area contributed by atoms with Crippen LogP contribution in [0, 0.1) is 5.82 Å². The Bertz CT molecular complexity index is 527. The third-order valence-corrected chi connectivity index (χ3v) is 2.54. The van der Waals surface area contributed by atoms with Crippen molar-refractivity contribution in [1.82, 2.24) is 15.0 Å². The average molecular weight is 237 g/mol. The van der Waals surface area contributed by atoms with Crippen LogP contribution in [0.2, 0.25) is 0 Å². The van der Waals surface area contributed by atoms with Gasteiger partial charge in [0.15, 0.2) is 0 Å². The molecule has 1 aromatic heterocycles. The summed E-state index contributed by atoms with van der Waals surface area (Å²) < 4.78 is 20.1. The van der Waals surface area contributed by atoms with E-state index in [0.717, 1.165) is 0 Å². The summed E-state index contributed by atoms with van der Waals surface area (Å²) in [4.78, 5) is 0. The van der Waals surface area contributed by atoms with Crippen LogP contribution in [0.15, 0.2) is 24.4 Å². The summed E-state index contributed by atoms with van der Waals surface area (Å²) in [6.45, 7) is 0. The Morgan fingerprint density at radius 1 is 1.47 bits per heavy atom. The molecular weight excluding hydrogens is 225 g/mol. The second kappa shape index (κ2) is 4.50. The van der Waals surface area contributed by atoms with E-state index in [1.807, 2.05) is 0 Å². The van der Waals surface area contributed by atoms with E-state index in [9.17, 15) is 9.50 Å². The number of methoxy groups -OCH3 is 1. The summed E-state index contributed by atoms with van der Waals surface area (Å²) in [7, 11) is 3.05. The predicted octanol–water partition coefficient (Wildman–Crippen LogP) is 1.04. The molecule has 0 spiro atoms. The zero-order valence-corrected chi connectivity index (χ0v) is 9.46. The van der Waals surface area contributed by atoms with Gasteiger partial charge in [-0.1, -0.05) is 11.3 Å². The van der Waals surface area contributed by atoms with Gasteiger partial charge in [0.2, 0.25) is 0 Å². The Morgan fingerprint density at radius 2 is 2.24 bits per heavy atom. The molecule has 1 N–H and O–H groups in total. The van der Waals surface area contributed by atoms with Gasteiger partial charge in [-0.3, -0.25) is 0 Å². The number of aliphatic hydroxyl groups excluding tert-OH is 1. The molecule has 2 rings (SSSR count). The molecule has 1 unspecified atom stereocenters. The van der Waals surface area contributed by atoms with E-state index in [4.69, 9.17) is 4.74 Å². The van der Waals surface area contributed by atoms with Crippen LogP contribution < -0.4 is 4.74 Å². The molecule has 0 aliphatic rings. The number of aryl methyl sites for hydroxylation is 1. The summed E-state index contributed by atoms with van der Waals surface area (Å²) in [5, 5.41) is 17.5. The Hall–Kier alpha value is -1.95. The molecule has 1 aromatic carbocycles. The van der Waals surface area contributed by atoms with Gasteiger partial charge in [-0.25, -0.2) is 9.07 Å². The van der Waals surface area contributed by atoms with Gasteiger partial charge in [0, 0.05) is 7.05 Å². The average Bonchev–Trinajstić information content (AvgIpc) is 2.74. The molecule has 1 atom stereocenters. The Morgan fingerprint density at radius 3 is 2.82 bits per heavy atom. The van der Waals surface area contributed by atoms with Gasteiger partial charge in [0.05, 0.1) is 24.6 Å². The predicted molar refractivity (Wildman–Crippen MR) is 58.0 cm³/mol. The Balaban J connectivity index is 2.50. The van der Waals surface area contributed by atoms with Crippen LogP contribution in [0.25, 0.3) is 0 Å². The summed E-state index contributed by atoms with van der Waals surface area (Å²) in [6, 6.07) is 4.38. The molecule has 0 radical (unpaired) electrons. The molecule has 5 nitrogen and oxygen atoms in total. The Labute approximate surface area is 97.5 Å². The number of aromatic nitrogens is 3. The van der Waals surface area contributed by atoms with E-state index in [1.54, 1.807) is 13.1 Å². The highest BCUT2D eigenvalue weighted by atomic mass is 19.1. The fraction of sp³-hybridized carbons (Fsp3) is 0.273. The van der Waals surface area contributed by atoms with Crippen LogP contribution in [0.5, 0.6) is 5.75 Å². The first-order chi connectivity index (χ1) is 8.15. The number of rotatable bonds is 3. The number of aliphatic hydroxyl groups is 1. The van der Waals surface area contributed by atoms with Gasteiger partial charge >= 0.3 is 0 Å². The molecule has 0 amide bonds. The maximum absolute atomic E-state index is 13.7. The van der Waals surface area contributed by atoms with Crippen LogP contribution in [-0.2, 0) is 7.05 Å². The largest absolute Gasteiger partial charge is 0.496 e. The van der Waals surface area contributed by atoms with E-state index >= 15 is 0 Å². The summed E-state index contributed by atoms with van der Waals surface area (Å²) in [6.07, 6.45) is 0.224. The van der Waals surface area contributed by atoms with Gasteiger partial charge in [-0.2, -0.15) is 0 Å². The number of halogens is 1. The minimum atomic E-state index is -1.16. The van der Waals surface area contributed by atoms with Crippen molar-refractivity contribution < 1.29 is 14.2 Å². The minimum absolute atomic E-state index is 0.0837. The first-order valence-electron chi connectivity index (χ1n) is 5.00. The summed E-state index contributed by atoms with van der Waals surface area (Å²) >= 11 is 0. The Kier molecular flexibility index (Phi) is 3.06. The lowest BCUT2D eigenvalue weighted by molar-refractivity contribution is 0.199. The lowest BCUT2D eigenvalue weighted by atomic mass is 10.1. The first kappa shape index (κ1) is 11.5. The van der Waals surface area contributed by atoms with E-state index < -0.39 is 11.9 Å². The topological polar surface area (TPSA) is 60.2 Å². The third-order valence-electron chi connectivity index (χ3n) is 2.54. The normalized spacial score (nSPS) is 12.5. The van der Waals surface area contributed by atoms with Crippen LogP contribution in [0.3, 0.4) is 0 Å². The number of hydrogen-bond donors (Lipinski definition) is 1. The van der Waals surface area contributed by atoms with E-state index in [0.29, 0.717) is 11.4 Å². The molecule has 6 heteroatoms. The monoisotopic (exact) mass is 237 g/mol. The molecule has 0 aliphatic carbocycles. The third kappa shape index (κ3) is 1.99.